The lowest BCUT2D eigenvalue weighted by atomic mass is 9.90. The molecular formula is C18H21N3O. The van der Waals surface area contributed by atoms with Crippen LogP contribution >= 0.6 is 0 Å². The standard InChI is InChI=1S/C18H21N3O/c22-11-12-4-7-17-16(8-12)19-18-9-14-5-6-15(10-20(17)18)21(14)13-2-1-3-13/h4,7-8,11,13-15H,1-3,5-6,9-10H2. The Morgan fingerprint density at radius 2 is 1.95 bits per heavy atom. The van der Waals surface area contributed by atoms with E-state index in [1.54, 1.807) is 0 Å². The molecule has 1 aromatic heterocycles. The van der Waals surface area contributed by atoms with Gasteiger partial charge in [0.1, 0.15) is 12.1 Å². The maximum absolute atomic E-state index is 11.0. The second kappa shape index (κ2) is 4.66. The van der Waals surface area contributed by atoms with Crippen molar-refractivity contribution >= 4 is 17.3 Å². The third-order valence-electron chi connectivity index (χ3n) is 5.97. The molecule has 3 heterocycles. The van der Waals surface area contributed by atoms with Gasteiger partial charge < -0.3 is 4.57 Å². The van der Waals surface area contributed by atoms with Gasteiger partial charge in [0.05, 0.1) is 11.0 Å². The number of fused-ring (bicyclic) bond motifs is 5. The predicted molar refractivity (Wildman–Crippen MR) is 85.1 cm³/mol. The summed E-state index contributed by atoms with van der Waals surface area (Å²) in [5.41, 5.74) is 2.90. The lowest BCUT2D eigenvalue weighted by molar-refractivity contribution is 0.0739. The largest absolute Gasteiger partial charge is 0.326 e. The number of rotatable bonds is 2. The molecule has 1 aliphatic carbocycles. The molecule has 2 unspecified atom stereocenters. The molecule has 0 radical (unpaired) electrons. The summed E-state index contributed by atoms with van der Waals surface area (Å²) in [5, 5.41) is 0. The van der Waals surface area contributed by atoms with Crippen LogP contribution in [0.25, 0.3) is 11.0 Å². The zero-order valence-corrected chi connectivity index (χ0v) is 12.7. The lowest BCUT2D eigenvalue weighted by Gasteiger charge is -2.41. The molecule has 0 spiro atoms. The number of hydrogen-bond acceptors (Lipinski definition) is 3. The van der Waals surface area contributed by atoms with E-state index in [9.17, 15) is 4.79 Å². The van der Waals surface area contributed by atoms with E-state index >= 15 is 0 Å². The van der Waals surface area contributed by atoms with Crippen molar-refractivity contribution in [2.75, 3.05) is 0 Å². The Kier molecular flexibility index (Phi) is 2.71. The number of benzene rings is 1. The first-order valence-corrected chi connectivity index (χ1v) is 8.55. The summed E-state index contributed by atoms with van der Waals surface area (Å²) in [4.78, 5) is 18.7. The van der Waals surface area contributed by atoms with Crippen LogP contribution in [0.3, 0.4) is 0 Å². The molecule has 4 nitrogen and oxygen atoms in total. The Labute approximate surface area is 130 Å². The van der Waals surface area contributed by atoms with Gasteiger partial charge in [0.2, 0.25) is 0 Å². The highest BCUT2D eigenvalue weighted by Crippen LogP contribution is 2.39. The molecule has 5 rings (SSSR count). The molecule has 2 bridgehead atoms. The normalized spacial score (nSPS) is 28.4. The van der Waals surface area contributed by atoms with Crippen molar-refractivity contribution in [1.29, 1.82) is 0 Å². The third kappa shape index (κ3) is 1.73. The van der Waals surface area contributed by atoms with Gasteiger partial charge >= 0.3 is 0 Å². The Morgan fingerprint density at radius 3 is 2.73 bits per heavy atom. The van der Waals surface area contributed by atoms with Gasteiger partial charge in [0.15, 0.2) is 0 Å². The summed E-state index contributed by atoms with van der Waals surface area (Å²) in [6, 6.07) is 8.10. The van der Waals surface area contributed by atoms with Gasteiger partial charge in [-0.05, 0) is 43.9 Å². The van der Waals surface area contributed by atoms with Gasteiger partial charge in [-0.3, -0.25) is 9.69 Å². The number of hydrogen-bond donors (Lipinski definition) is 0. The quantitative estimate of drug-likeness (QED) is 0.800. The topological polar surface area (TPSA) is 38.1 Å². The van der Waals surface area contributed by atoms with Crippen molar-refractivity contribution in [1.82, 2.24) is 14.5 Å². The van der Waals surface area contributed by atoms with E-state index in [0.717, 1.165) is 36.4 Å². The molecule has 2 aromatic rings. The van der Waals surface area contributed by atoms with E-state index in [2.05, 4.69) is 15.5 Å². The van der Waals surface area contributed by atoms with Crippen molar-refractivity contribution in [3.63, 3.8) is 0 Å². The molecule has 0 N–H and O–H groups in total. The number of carbonyl (C=O) groups is 1. The Hall–Kier alpha value is -1.68. The van der Waals surface area contributed by atoms with Crippen LogP contribution in [0.15, 0.2) is 18.2 Å². The molecule has 2 aliphatic heterocycles. The number of aldehydes is 1. The fraction of sp³-hybridized carbons (Fsp3) is 0.556. The second-order valence-corrected chi connectivity index (χ2v) is 7.13. The summed E-state index contributed by atoms with van der Waals surface area (Å²) < 4.78 is 2.42. The van der Waals surface area contributed by atoms with Gasteiger partial charge in [0.25, 0.3) is 0 Å². The fourth-order valence-corrected chi connectivity index (χ4v) is 4.71. The zero-order valence-electron chi connectivity index (χ0n) is 12.7. The SMILES string of the molecule is O=Cc1ccc2c(c1)nc1n2CC2CCC(C1)N2C1CCC1. The van der Waals surface area contributed by atoms with E-state index in [-0.39, 0.29) is 0 Å². The van der Waals surface area contributed by atoms with Crippen LogP contribution in [-0.4, -0.2) is 38.9 Å². The molecule has 1 saturated carbocycles. The van der Waals surface area contributed by atoms with E-state index < -0.39 is 0 Å². The van der Waals surface area contributed by atoms with Gasteiger partial charge in [-0.1, -0.05) is 6.42 Å². The first-order valence-electron chi connectivity index (χ1n) is 8.55. The highest BCUT2D eigenvalue weighted by molar-refractivity contribution is 5.85. The molecule has 2 fully saturated rings. The number of carbonyl (C=O) groups excluding carboxylic acids is 1. The van der Waals surface area contributed by atoms with Crippen LogP contribution in [0.5, 0.6) is 0 Å². The van der Waals surface area contributed by atoms with Crippen molar-refractivity contribution in [2.24, 2.45) is 0 Å². The Bertz CT molecular complexity index is 746. The second-order valence-electron chi connectivity index (χ2n) is 7.13. The average Bonchev–Trinajstić information content (AvgIpc) is 2.95. The van der Waals surface area contributed by atoms with E-state index in [4.69, 9.17) is 4.98 Å². The molecule has 3 aliphatic rings. The fourth-order valence-electron chi connectivity index (χ4n) is 4.71. The number of nitrogens with zero attached hydrogens (tertiary/aromatic N) is 3. The predicted octanol–water partition coefficient (Wildman–Crippen LogP) is 2.79. The van der Waals surface area contributed by atoms with Crippen LogP contribution in [0.1, 0.15) is 48.3 Å². The minimum Gasteiger partial charge on any atom is -0.326 e. The monoisotopic (exact) mass is 295 g/mol. The Balaban J connectivity index is 1.57. The van der Waals surface area contributed by atoms with Gasteiger partial charge in [-0.2, -0.15) is 0 Å². The first kappa shape index (κ1) is 12.8. The summed E-state index contributed by atoms with van der Waals surface area (Å²) in [6.45, 7) is 1.07. The van der Waals surface area contributed by atoms with Crippen LogP contribution < -0.4 is 0 Å². The maximum Gasteiger partial charge on any atom is 0.150 e. The van der Waals surface area contributed by atoms with Gasteiger partial charge in [-0.15, -0.1) is 0 Å². The van der Waals surface area contributed by atoms with Crippen molar-refractivity contribution in [3.05, 3.63) is 29.6 Å². The highest BCUT2D eigenvalue weighted by Gasteiger charge is 2.42. The van der Waals surface area contributed by atoms with Crippen molar-refractivity contribution in [3.8, 4) is 0 Å². The molecule has 0 amide bonds. The van der Waals surface area contributed by atoms with Crippen LogP contribution in [0.2, 0.25) is 0 Å². The summed E-state index contributed by atoms with van der Waals surface area (Å²) in [5.74, 6) is 1.22. The molecule has 4 heteroatoms. The minimum atomic E-state index is 0.680. The zero-order chi connectivity index (χ0) is 14.7. The Morgan fingerprint density at radius 1 is 1.09 bits per heavy atom. The van der Waals surface area contributed by atoms with E-state index in [1.165, 1.54) is 43.4 Å². The lowest BCUT2D eigenvalue weighted by Crippen LogP contribution is -2.48. The number of imidazole rings is 1. The van der Waals surface area contributed by atoms with Crippen molar-refractivity contribution < 1.29 is 4.79 Å². The van der Waals surface area contributed by atoms with E-state index in [0.29, 0.717) is 12.1 Å². The smallest absolute Gasteiger partial charge is 0.150 e. The average molecular weight is 295 g/mol. The van der Waals surface area contributed by atoms with Crippen LogP contribution in [0, 0.1) is 0 Å². The molecule has 1 saturated heterocycles. The van der Waals surface area contributed by atoms with Crippen molar-refractivity contribution in [2.45, 2.75) is 63.2 Å². The molecule has 2 atom stereocenters. The molecule has 22 heavy (non-hydrogen) atoms. The first-order chi connectivity index (χ1) is 10.8. The van der Waals surface area contributed by atoms with E-state index in [1.807, 2.05) is 12.1 Å². The highest BCUT2D eigenvalue weighted by atomic mass is 16.1. The van der Waals surface area contributed by atoms with Gasteiger partial charge in [0, 0.05) is 36.7 Å². The summed E-state index contributed by atoms with van der Waals surface area (Å²) in [6.07, 6.45) is 8.81. The summed E-state index contributed by atoms with van der Waals surface area (Å²) >= 11 is 0. The van der Waals surface area contributed by atoms with Crippen LogP contribution in [0.4, 0.5) is 0 Å². The van der Waals surface area contributed by atoms with Crippen LogP contribution in [-0.2, 0) is 13.0 Å². The third-order valence-corrected chi connectivity index (χ3v) is 5.97. The molecule has 1 aromatic carbocycles. The maximum atomic E-state index is 11.0. The molecular weight excluding hydrogens is 274 g/mol. The van der Waals surface area contributed by atoms with Gasteiger partial charge in [-0.25, -0.2) is 4.98 Å². The molecule has 114 valence electrons. The summed E-state index contributed by atoms with van der Waals surface area (Å²) in [7, 11) is 0. The number of aromatic nitrogens is 2. The minimum absolute atomic E-state index is 0.680.